The van der Waals surface area contributed by atoms with Crippen molar-refractivity contribution in [3.63, 3.8) is 0 Å². The molecular formula is C13H18N2O. The fourth-order valence-corrected chi connectivity index (χ4v) is 2.15. The van der Waals surface area contributed by atoms with E-state index in [9.17, 15) is 5.11 Å². The van der Waals surface area contributed by atoms with Crippen molar-refractivity contribution in [3.8, 4) is 5.75 Å². The summed E-state index contributed by atoms with van der Waals surface area (Å²) in [5.41, 5.74) is 3.70. The molecule has 1 aliphatic heterocycles. The highest BCUT2D eigenvalue weighted by Gasteiger charge is 2.13. The molecule has 1 heterocycles. The van der Waals surface area contributed by atoms with Crippen molar-refractivity contribution in [3.05, 3.63) is 28.8 Å². The van der Waals surface area contributed by atoms with E-state index in [4.69, 9.17) is 5.41 Å². The molecule has 3 nitrogen and oxygen atoms in total. The highest BCUT2D eigenvalue weighted by Crippen LogP contribution is 2.25. The Morgan fingerprint density at radius 1 is 1.31 bits per heavy atom. The lowest BCUT2D eigenvalue weighted by Crippen LogP contribution is -2.16. The van der Waals surface area contributed by atoms with E-state index in [1.807, 2.05) is 19.1 Å². The lowest BCUT2D eigenvalue weighted by molar-refractivity contribution is 0.473. The predicted molar refractivity (Wildman–Crippen MR) is 65.5 cm³/mol. The fraction of sp³-hybridized carbons (Fsp3) is 0.462. The van der Waals surface area contributed by atoms with Crippen LogP contribution >= 0.6 is 0 Å². The second kappa shape index (κ2) is 4.66. The Morgan fingerprint density at radius 3 is 2.56 bits per heavy atom. The summed E-state index contributed by atoms with van der Waals surface area (Å²) in [7, 11) is 0. The quantitative estimate of drug-likeness (QED) is 0.664. The number of phenols is 1. The summed E-state index contributed by atoms with van der Waals surface area (Å²) < 4.78 is 0. The molecule has 0 saturated carbocycles. The molecule has 0 aromatic heterocycles. The van der Waals surface area contributed by atoms with Crippen LogP contribution < -0.4 is 5.32 Å². The maximum absolute atomic E-state index is 9.90. The van der Waals surface area contributed by atoms with Gasteiger partial charge in [-0.05, 0) is 55.6 Å². The molecule has 1 aromatic carbocycles. The first-order valence-electron chi connectivity index (χ1n) is 5.85. The molecule has 0 fully saturated rings. The van der Waals surface area contributed by atoms with Gasteiger partial charge in [0.2, 0.25) is 0 Å². The molecule has 0 saturated heterocycles. The van der Waals surface area contributed by atoms with E-state index in [1.165, 1.54) is 11.1 Å². The zero-order chi connectivity index (χ0) is 11.5. The third-order valence-electron chi connectivity index (χ3n) is 3.14. The Kier molecular flexibility index (Phi) is 3.25. The smallest absolute Gasteiger partial charge is 0.124 e. The maximum Gasteiger partial charge on any atom is 0.124 e. The average molecular weight is 218 g/mol. The number of benzene rings is 1. The summed E-state index contributed by atoms with van der Waals surface area (Å²) >= 11 is 0. The summed E-state index contributed by atoms with van der Waals surface area (Å²) in [6.45, 7) is 3.89. The summed E-state index contributed by atoms with van der Waals surface area (Å²) in [6.07, 6.45) is 2.60. The molecule has 0 aliphatic carbocycles. The van der Waals surface area contributed by atoms with Crippen LogP contribution in [-0.4, -0.2) is 23.9 Å². The van der Waals surface area contributed by atoms with Crippen LogP contribution in [0, 0.1) is 5.41 Å². The predicted octanol–water partition coefficient (Wildman–Crippen LogP) is 1.86. The largest absolute Gasteiger partial charge is 0.507 e. The molecule has 16 heavy (non-hydrogen) atoms. The van der Waals surface area contributed by atoms with Crippen molar-refractivity contribution in [2.75, 3.05) is 13.1 Å². The molecule has 1 aliphatic rings. The van der Waals surface area contributed by atoms with Gasteiger partial charge in [-0.1, -0.05) is 6.92 Å². The van der Waals surface area contributed by atoms with Gasteiger partial charge < -0.3 is 15.8 Å². The van der Waals surface area contributed by atoms with Gasteiger partial charge in [0.1, 0.15) is 5.75 Å². The Morgan fingerprint density at radius 2 is 1.94 bits per heavy atom. The second-order valence-corrected chi connectivity index (χ2v) is 4.22. The molecule has 2 rings (SSSR count). The first kappa shape index (κ1) is 11.1. The third-order valence-corrected chi connectivity index (χ3v) is 3.14. The summed E-state index contributed by atoms with van der Waals surface area (Å²) in [5.74, 6) is 0.257. The SMILES string of the molecule is CCC(=N)c1cc2c(cc1O)CCNCC2. The second-order valence-electron chi connectivity index (χ2n) is 4.22. The number of nitrogens with one attached hydrogen (secondary N) is 2. The van der Waals surface area contributed by atoms with Gasteiger partial charge in [0.25, 0.3) is 0 Å². The van der Waals surface area contributed by atoms with Gasteiger partial charge in [-0.25, -0.2) is 0 Å². The minimum atomic E-state index is 0.257. The van der Waals surface area contributed by atoms with Crippen LogP contribution in [0.2, 0.25) is 0 Å². The van der Waals surface area contributed by atoms with Gasteiger partial charge in [-0.2, -0.15) is 0 Å². The molecule has 0 unspecified atom stereocenters. The van der Waals surface area contributed by atoms with Crippen molar-refractivity contribution in [2.45, 2.75) is 26.2 Å². The minimum absolute atomic E-state index is 0.257. The lowest BCUT2D eigenvalue weighted by Gasteiger charge is -2.11. The summed E-state index contributed by atoms with van der Waals surface area (Å²) in [4.78, 5) is 0. The molecule has 3 heteroatoms. The van der Waals surface area contributed by atoms with Crippen LogP contribution in [0.1, 0.15) is 30.0 Å². The summed E-state index contributed by atoms with van der Waals surface area (Å²) in [5, 5.41) is 21.1. The first-order valence-corrected chi connectivity index (χ1v) is 5.85. The van der Waals surface area contributed by atoms with Gasteiger partial charge in [0.05, 0.1) is 0 Å². The van der Waals surface area contributed by atoms with Crippen molar-refractivity contribution in [1.29, 1.82) is 5.41 Å². The number of hydrogen-bond donors (Lipinski definition) is 3. The van der Waals surface area contributed by atoms with Gasteiger partial charge in [0.15, 0.2) is 0 Å². The van der Waals surface area contributed by atoms with E-state index >= 15 is 0 Å². The van der Waals surface area contributed by atoms with E-state index in [0.29, 0.717) is 17.7 Å². The van der Waals surface area contributed by atoms with E-state index in [-0.39, 0.29) is 5.75 Å². The monoisotopic (exact) mass is 218 g/mol. The zero-order valence-electron chi connectivity index (χ0n) is 9.64. The topological polar surface area (TPSA) is 56.1 Å². The molecule has 3 N–H and O–H groups in total. The van der Waals surface area contributed by atoms with Crippen LogP contribution in [0.25, 0.3) is 0 Å². The third kappa shape index (κ3) is 2.09. The van der Waals surface area contributed by atoms with Crippen molar-refractivity contribution in [2.24, 2.45) is 0 Å². The van der Waals surface area contributed by atoms with Gasteiger partial charge in [-0.15, -0.1) is 0 Å². The number of rotatable bonds is 2. The van der Waals surface area contributed by atoms with E-state index < -0.39 is 0 Å². The van der Waals surface area contributed by atoms with Crippen LogP contribution in [0.5, 0.6) is 5.75 Å². The molecule has 0 bridgehead atoms. The lowest BCUT2D eigenvalue weighted by atomic mass is 9.96. The number of fused-ring (bicyclic) bond motifs is 1. The first-order chi connectivity index (χ1) is 7.72. The Hall–Kier alpha value is -1.35. The molecule has 0 amide bonds. The maximum atomic E-state index is 9.90. The van der Waals surface area contributed by atoms with Gasteiger partial charge in [-0.3, -0.25) is 0 Å². The zero-order valence-corrected chi connectivity index (χ0v) is 9.64. The molecule has 1 aromatic rings. The van der Waals surface area contributed by atoms with Crippen LogP contribution in [0.3, 0.4) is 0 Å². The molecule has 0 atom stereocenters. The highest BCUT2D eigenvalue weighted by atomic mass is 16.3. The molecular weight excluding hydrogens is 200 g/mol. The highest BCUT2D eigenvalue weighted by molar-refractivity contribution is 6.00. The van der Waals surface area contributed by atoms with Crippen LogP contribution in [0.15, 0.2) is 12.1 Å². The van der Waals surface area contributed by atoms with E-state index in [2.05, 4.69) is 5.32 Å². The van der Waals surface area contributed by atoms with Crippen LogP contribution in [-0.2, 0) is 12.8 Å². The fourth-order valence-electron chi connectivity index (χ4n) is 2.15. The van der Waals surface area contributed by atoms with Gasteiger partial charge >= 0.3 is 0 Å². The van der Waals surface area contributed by atoms with E-state index in [1.54, 1.807) is 0 Å². The van der Waals surface area contributed by atoms with Crippen molar-refractivity contribution in [1.82, 2.24) is 5.32 Å². The van der Waals surface area contributed by atoms with Crippen LogP contribution in [0.4, 0.5) is 0 Å². The minimum Gasteiger partial charge on any atom is -0.507 e. The Balaban J connectivity index is 2.42. The number of aromatic hydroxyl groups is 1. The molecule has 86 valence electrons. The summed E-state index contributed by atoms with van der Waals surface area (Å²) in [6, 6.07) is 3.82. The Bertz CT molecular complexity index is 413. The molecule has 0 radical (unpaired) electrons. The van der Waals surface area contributed by atoms with Crippen molar-refractivity contribution >= 4 is 5.71 Å². The van der Waals surface area contributed by atoms with E-state index in [0.717, 1.165) is 25.9 Å². The number of phenolic OH excluding ortho intramolecular Hbond substituents is 1. The Labute approximate surface area is 96.0 Å². The standard InChI is InChI=1S/C13H18N2O/c1-2-12(14)11-7-9-3-5-15-6-4-10(9)8-13(11)16/h7-8,14-16H,2-6H2,1H3. The molecule has 0 spiro atoms. The van der Waals surface area contributed by atoms with Gasteiger partial charge in [0, 0.05) is 11.3 Å². The average Bonchev–Trinajstić information content (AvgIpc) is 2.51. The van der Waals surface area contributed by atoms with Crippen molar-refractivity contribution < 1.29 is 5.11 Å². The number of hydrogen-bond acceptors (Lipinski definition) is 3. The normalized spacial score (nSPS) is 15.3.